The van der Waals surface area contributed by atoms with Gasteiger partial charge in [-0.05, 0) is 7.05 Å². The molecule has 0 aromatic carbocycles. The third kappa shape index (κ3) is 9.50. The maximum absolute atomic E-state index is 8.69. The monoisotopic (exact) mass is 248 g/mol. The summed E-state index contributed by atoms with van der Waals surface area (Å²) in [6.45, 7) is 9.62. The smallest absolute Gasteiger partial charge is 0.0642 e. The van der Waals surface area contributed by atoms with Crippen LogP contribution in [0.1, 0.15) is 13.8 Å². The van der Waals surface area contributed by atoms with Crippen LogP contribution in [0.25, 0.3) is 0 Å². The summed E-state index contributed by atoms with van der Waals surface area (Å²) < 4.78 is 10.8. The Kier molecular flexibility index (Phi) is 12.1. The molecule has 0 radical (unpaired) electrons. The highest BCUT2D eigenvalue weighted by Gasteiger charge is 2.12. The summed E-state index contributed by atoms with van der Waals surface area (Å²) in [5, 5.41) is 12.0. The molecular weight excluding hydrogens is 220 g/mol. The number of nitrogens with one attached hydrogen (secondary N) is 1. The normalized spacial score (nSPS) is 19.9. The quantitative estimate of drug-likeness (QED) is 0.618. The molecule has 1 saturated heterocycles. The predicted octanol–water partition coefficient (Wildman–Crippen LogP) is -0.0583. The largest absolute Gasteiger partial charge is 0.395 e. The molecule has 1 aliphatic heterocycles. The molecule has 0 amide bonds. The van der Waals surface area contributed by atoms with Crippen LogP contribution in [0, 0.1) is 0 Å². The summed E-state index contributed by atoms with van der Waals surface area (Å²) in [5.41, 5.74) is 0. The molecule has 1 atom stereocenters. The lowest BCUT2D eigenvalue weighted by molar-refractivity contribution is 0.0243. The van der Waals surface area contributed by atoms with Crippen LogP contribution < -0.4 is 5.32 Å². The minimum Gasteiger partial charge on any atom is -0.395 e. The maximum Gasteiger partial charge on any atom is 0.0642 e. The molecule has 0 aromatic heterocycles. The Balaban J connectivity index is 0.00000121. The molecule has 0 spiro atoms. The van der Waals surface area contributed by atoms with E-state index in [9.17, 15) is 0 Å². The van der Waals surface area contributed by atoms with Crippen molar-refractivity contribution in [1.29, 1.82) is 0 Å². The number of aliphatic hydroxyl groups is 1. The minimum absolute atomic E-state index is 0.203. The van der Waals surface area contributed by atoms with Gasteiger partial charge in [0.25, 0.3) is 0 Å². The van der Waals surface area contributed by atoms with E-state index in [0.29, 0.717) is 25.8 Å². The lowest BCUT2D eigenvalue weighted by Gasteiger charge is -2.24. The second kappa shape index (κ2) is 12.3. The van der Waals surface area contributed by atoms with E-state index in [1.807, 2.05) is 25.8 Å². The highest BCUT2D eigenvalue weighted by molar-refractivity contribution is 4.68. The highest BCUT2D eigenvalue weighted by Crippen LogP contribution is 1.94. The summed E-state index contributed by atoms with van der Waals surface area (Å²) in [5.74, 6) is 0. The molecular formula is C12H28N2O3. The third-order valence-electron chi connectivity index (χ3n) is 2.42. The zero-order chi connectivity index (χ0) is 12.9. The molecule has 1 fully saturated rings. The van der Waals surface area contributed by atoms with Crippen molar-refractivity contribution in [3.63, 3.8) is 0 Å². The van der Waals surface area contributed by atoms with E-state index in [1.165, 1.54) is 0 Å². The molecule has 2 N–H and O–H groups in total. The van der Waals surface area contributed by atoms with Gasteiger partial charge in [-0.2, -0.15) is 0 Å². The van der Waals surface area contributed by atoms with Gasteiger partial charge in [0.1, 0.15) is 0 Å². The molecule has 1 aliphatic rings. The van der Waals surface area contributed by atoms with Crippen LogP contribution >= 0.6 is 0 Å². The second-order valence-electron chi connectivity index (χ2n) is 3.83. The molecule has 0 aliphatic carbocycles. The van der Waals surface area contributed by atoms with Crippen molar-refractivity contribution in [1.82, 2.24) is 10.2 Å². The molecule has 0 aromatic rings. The number of aliphatic hydroxyl groups excluding tert-OH is 1. The first-order valence-electron chi connectivity index (χ1n) is 6.51. The molecule has 0 saturated carbocycles. The van der Waals surface area contributed by atoms with Gasteiger partial charge in [-0.3, -0.25) is 0 Å². The fourth-order valence-electron chi connectivity index (χ4n) is 1.46. The molecule has 5 nitrogen and oxygen atoms in total. The first-order valence-corrected chi connectivity index (χ1v) is 6.51. The molecule has 104 valence electrons. The summed E-state index contributed by atoms with van der Waals surface area (Å²) >= 11 is 0. The first kappa shape index (κ1) is 16.8. The van der Waals surface area contributed by atoms with E-state index in [4.69, 9.17) is 14.6 Å². The summed E-state index contributed by atoms with van der Waals surface area (Å²) in [4.78, 5) is 2.05. The Hall–Kier alpha value is -0.200. The summed E-state index contributed by atoms with van der Waals surface area (Å²) in [6.07, 6.45) is 0. The standard InChI is InChI=1S/C10H22N2O3.C2H6/c1-12(3-5-13)4-7-15-9-10-8-14-6-2-11-10;1-2/h10-11,13H,2-9H2,1H3;1-2H3. The van der Waals surface area contributed by atoms with Crippen molar-refractivity contribution in [3.05, 3.63) is 0 Å². The Morgan fingerprint density at radius 3 is 2.76 bits per heavy atom. The van der Waals surface area contributed by atoms with E-state index in [-0.39, 0.29) is 6.61 Å². The van der Waals surface area contributed by atoms with Gasteiger partial charge < -0.3 is 24.8 Å². The minimum atomic E-state index is 0.203. The molecule has 17 heavy (non-hydrogen) atoms. The number of hydrogen-bond donors (Lipinski definition) is 2. The lowest BCUT2D eigenvalue weighted by Crippen LogP contribution is -2.44. The molecule has 1 heterocycles. The van der Waals surface area contributed by atoms with Crippen molar-refractivity contribution in [3.8, 4) is 0 Å². The fraction of sp³-hybridized carbons (Fsp3) is 1.00. The van der Waals surface area contributed by atoms with Crippen LogP contribution in [0.15, 0.2) is 0 Å². The number of ether oxygens (including phenoxy) is 2. The molecule has 1 rings (SSSR count). The summed E-state index contributed by atoms with van der Waals surface area (Å²) in [6, 6.07) is 0.335. The predicted molar refractivity (Wildman–Crippen MR) is 69.4 cm³/mol. The van der Waals surface area contributed by atoms with Crippen LogP contribution in [0.4, 0.5) is 0 Å². The topological polar surface area (TPSA) is 54.0 Å². The van der Waals surface area contributed by atoms with Crippen LogP contribution in [0.3, 0.4) is 0 Å². The van der Waals surface area contributed by atoms with Crippen LogP contribution in [0.2, 0.25) is 0 Å². The number of hydrogen-bond acceptors (Lipinski definition) is 5. The summed E-state index contributed by atoms with van der Waals surface area (Å²) in [7, 11) is 1.97. The Morgan fingerprint density at radius 2 is 2.18 bits per heavy atom. The lowest BCUT2D eigenvalue weighted by atomic mass is 10.3. The average Bonchev–Trinajstić information content (AvgIpc) is 2.39. The van der Waals surface area contributed by atoms with E-state index < -0.39 is 0 Å². The SMILES string of the molecule is CC.CN(CCO)CCOCC1COCCN1. The third-order valence-corrected chi connectivity index (χ3v) is 2.42. The second-order valence-corrected chi connectivity index (χ2v) is 3.83. The van der Waals surface area contributed by atoms with Gasteiger partial charge in [-0.15, -0.1) is 0 Å². The average molecular weight is 248 g/mol. The van der Waals surface area contributed by atoms with Gasteiger partial charge in [0.05, 0.1) is 39.1 Å². The maximum atomic E-state index is 8.69. The van der Waals surface area contributed by atoms with Crippen molar-refractivity contribution >= 4 is 0 Å². The van der Waals surface area contributed by atoms with Crippen molar-refractivity contribution in [2.24, 2.45) is 0 Å². The van der Waals surface area contributed by atoms with E-state index in [0.717, 1.165) is 26.3 Å². The fourth-order valence-corrected chi connectivity index (χ4v) is 1.46. The van der Waals surface area contributed by atoms with Crippen molar-refractivity contribution in [2.75, 3.05) is 59.7 Å². The van der Waals surface area contributed by atoms with Gasteiger partial charge in [-0.25, -0.2) is 0 Å². The van der Waals surface area contributed by atoms with Crippen LogP contribution in [0.5, 0.6) is 0 Å². The molecule has 1 unspecified atom stereocenters. The Bertz CT molecular complexity index is 153. The number of likely N-dealkylation sites (N-methyl/N-ethyl adjacent to an activating group) is 1. The Labute approximate surface area is 105 Å². The van der Waals surface area contributed by atoms with E-state index in [1.54, 1.807) is 0 Å². The van der Waals surface area contributed by atoms with Crippen LogP contribution in [-0.2, 0) is 9.47 Å². The Morgan fingerprint density at radius 1 is 1.41 bits per heavy atom. The van der Waals surface area contributed by atoms with Gasteiger partial charge in [0.15, 0.2) is 0 Å². The van der Waals surface area contributed by atoms with Crippen LogP contribution in [-0.4, -0.2) is 75.8 Å². The van der Waals surface area contributed by atoms with Gasteiger partial charge in [0, 0.05) is 19.6 Å². The zero-order valence-electron chi connectivity index (χ0n) is 11.4. The number of nitrogens with zero attached hydrogens (tertiary/aromatic N) is 1. The highest BCUT2D eigenvalue weighted by atomic mass is 16.5. The number of rotatable bonds is 7. The number of morpholine rings is 1. The molecule has 0 bridgehead atoms. The molecule has 5 heteroatoms. The van der Waals surface area contributed by atoms with Crippen molar-refractivity contribution in [2.45, 2.75) is 19.9 Å². The van der Waals surface area contributed by atoms with Crippen molar-refractivity contribution < 1.29 is 14.6 Å². The van der Waals surface area contributed by atoms with Gasteiger partial charge in [-0.1, -0.05) is 13.8 Å². The van der Waals surface area contributed by atoms with E-state index in [2.05, 4.69) is 5.32 Å². The van der Waals surface area contributed by atoms with E-state index >= 15 is 0 Å². The zero-order valence-corrected chi connectivity index (χ0v) is 11.4. The first-order chi connectivity index (χ1) is 8.33. The van der Waals surface area contributed by atoms with Gasteiger partial charge >= 0.3 is 0 Å². The van der Waals surface area contributed by atoms with Gasteiger partial charge in [0.2, 0.25) is 0 Å².